The molecule has 5 nitrogen and oxygen atoms in total. The number of rotatable bonds is 2. The van der Waals surface area contributed by atoms with E-state index < -0.39 is 5.54 Å². The standard InChI is InChI=1S/C16H21N3O2/c1-12-10-13(20)4-5-14(12)15(21)18-6-8-19(9-7-18)16(2,3)11-17/h4-5,10,20H,6-9H2,1-3H3. The Kier molecular flexibility index (Phi) is 4.19. The zero-order chi connectivity index (χ0) is 15.6. The first kappa shape index (κ1) is 15.3. The Bertz CT molecular complexity index is 582. The maximum Gasteiger partial charge on any atom is 0.254 e. The lowest BCUT2D eigenvalue weighted by Crippen LogP contribution is -2.55. The van der Waals surface area contributed by atoms with Crippen LogP contribution in [0.2, 0.25) is 0 Å². The van der Waals surface area contributed by atoms with Crippen molar-refractivity contribution in [2.24, 2.45) is 0 Å². The molecule has 1 heterocycles. The van der Waals surface area contributed by atoms with Crippen LogP contribution in [-0.2, 0) is 0 Å². The van der Waals surface area contributed by atoms with Gasteiger partial charge in [0, 0.05) is 31.7 Å². The first-order valence-corrected chi connectivity index (χ1v) is 7.10. The minimum Gasteiger partial charge on any atom is -0.508 e. The van der Waals surface area contributed by atoms with Gasteiger partial charge in [-0.05, 0) is 44.5 Å². The summed E-state index contributed by atoms with van der Waals surface area (Å²) in [5.41, 5.74) is 0.907. The highest BCUT2D eigenvalue weighted by Gasteiger charge is 2.31. The van der Waals surface area contributed by atoms with Crippen molar-refractivity contribution in [1.82, 2.24) is 9.80 Å². The van der Waals surface area contributed by atoms with Crippen molar-refractivity contribution < 1.29 is 9.90 Å². The van der Waals surface area contributed by atoms with Gasteiger partial charge in [-0.1, -0.05) is 0 Å². The number of nitriles is 1. The van der Waals surface area contributed by atoms with E-state index in [4.69, 9.17) is 5.26 Å². The Morgan fingerprint density at radius 3 is 2.43 bits per heavy atom. The predicted molar refractivity (Wildman–Crippen MR) is 80.0 cm³/mol. The molecule has 1 saturated heterocycles. The first-order valence-electron chi connectivity index (χ1n) is 7.10. The van der Waals surface area contributed by atoms with E-state index in [-0.39, 0.29) is 11.7 Å². The Morgan fingerprint density at radius 2 is 1.90 bits per heavy atom. The third kappa shape index (κ3) is 3.17. The van der Waals surface area contributed by atoms with Gasteiger partial charge >= 0.3 is 0 Å². The third-order valence-corrected chi connectivity index (χ3v) is 4.07. The second-order valence-electron chi connectivity index (χ2n) is 5.95. The number of hydrogen-bond acceptors (Lipinski definition) is 4. The van der Waals surface area contributed by atoms with Crippen LogP contribution in [0.3, 0.4) is 0 Å². The van der Waals surface area contributed by atoms with Crippen LogP contribution in [-0.4, -0.2) is 52.5 Å². The van der Waals surface area contributed by atoms with Crippen LogP contribution < -0.4 is 0 Å². The van der Waals surface area contributed by atoms with Gasteiger partial charge in [0.05, 0.1) is 6.07 Å². The number of amides is 1. The summed E-state index contributed by atoms with van der Waals surface area (Å²) >= 11 is 0. The summed E-state index contributed by atoms with van der Waals surface area (Å²) in [6.07, 6.45) is 0. The molecule has 1 aliphatic heterocycles. The number of piperazine rings is 1. The molecule has 1 aromatic rings. The van der Waals surface area contributed by atoms with E-state index in [1.54, 1.807) is 12.1 Å². The minimum atomic E-state index is -0.496. The summed E-state index contributed by atoms with van der Waals surface area (Å²) in [7, 11) is 0. The molecular weight excluding hydrogens is 266 g/mol. The van der Waals surface area contributed by atoms with E-state index in [2.05, 4.69) is 11.0 Å². The van der Waals surface area contributed by atoms with Crippen molar-refractivity contribution in [1.29, 1.82) is 5.26 Å². The molecule has 0 saturated carbocycles. The van der Waals surface area contributed by atoms with Gasteiger partial charge in [-0.15, -0.1) is 0 Å². The van der Waals surface area contributed by atoms with Crippen molar-refractivity contribution in [3.8, 4) is 11.8 Å². The molecule has 0 aliphatic carbocycles. The summed E-state index contributed by atoms with van der Waals surface area (Å²) in [6.45, 7) is 8.24. The number of phenolic OH excluding ortho intramolecular Hbond substituents is 1. The number of aryl methyl sites for hydroxylation is 1. The average Bonchev–Trinajstić information content (AvgIpc) is 2.47. The fourth-order valence-electron chi connectivity index (χ4n) is 2.60. The molecule has 5 heteroatoms. The van der Waals surface area contributed by atoms with Crippen molar-refractivity contribution >= 4 is 5.91 Å². The Balaban J connectivity index is 2.06. The quantitative estimate of drug-likeness (QED) is 0.900. The molecule has 21 heavy (non-hydrogen) atoms. The summed E-state index contributed by atoms with van der Waals surface area (Å²) in [6, 6.07) is 7.10. The molecule has 2 rings (SSSR count). The van der Waals surface area contributed by atoms with Crippen molar-refractivity contribution in [3.05, 3.63) is 29.3 Å². The summed E-state index contributed by atoms with van der Waals surface area (Å²) in [5, 5.41) is 18.6. The van der Waals surface area contributed by atoms with E-state index in [9.17, 15) is 9.90 Å². The molecule has 0 aromatic heterocycles. The van der Waals surface area contributed by atoms with Crippen LogP contribution in [0.5, 0.6) is 5.75 Å². The Hall–Kier alpha value is -2.06. The molecular formula is C16H21N3O2. The maximum absolute atomic E-state index is 12.5. The minimum absolute atomic E-state index is 0.0121. The van der Waals surface area contributed by atoms with E-state index in [0.717, 1.165) is 5.56 Å². The van der Waals surface area contributed by atoms with Gasteiger partial charge in [0.15, 0.2) is 0 Å². The zero-order valence-electron chi connectivity index (χ0n) is 12.8. The lowest BCUT2D eigenvalue weighted by Gasteiger charge is -2.40. The average molecular weight is 287 g/mol. The van der Waals surface area contributed by atoms with Crippen molar-refractivity contribution in [2.75, 3.05) is 26.2 Å². The van der Waals surface area contributed by atoms with Gasteiger partial charge in [0.1, 0.15) is 11.3 Å². The largest absolute Gasteiger partial charge is 0.508 e. The normalized spacial score (nSPS) is 16.6. The number of benzene rings is 1. The molecule has 1 N–H and O–H groups in total. The van der Waals surface area contributed by atoms with Gasteiger partial charge in [0.2, 0.25) is 0 Å². The van der Waals surface area contributed by atoms with Crippen LogP contribution in [0, 0.1) is 18.3 Å². The summed E-state index contributed by atoms with van der Waals surface area (Å²) < 4.78 is 0. The predicted octanol–water partition coefficient (Wildman–Crippen LogP) is 1.76. The molecule has 1 aliphatic rings. The monoisotopic (exact) mass is 287 g/mol. The van der Waals surface area contributed by atoms with Crippen LogP contribution in [0.25, 0.3) is 0 Å². The summed E-state index contributed by atoms with van der Waals surface area (Å²) in [5.74, 6) is 0.159. The highest BCUT2D eigenvalue weighted by atomic mass is 16.3. The lowest BCUT2D eigenvalue weighted by atomic mass is 10.0. The number of nitrogens with zero attached hydrogens (tertiary/aromatic N) is 3. The summed E-state index contributed by atoms with van der Waals surface area (Å²) in [4.78, 5) is 16.4. The van der Waals surface area contributed by atoms with Gasteiger partial charge in [0.25, 0.3) is 5.91 Å². The van der Waals surface area contributed by atoms with Gasteiger partial charge in [-0.2, -0.15) is 5.26 Å². The molecule has 0 unspecified atom stereocenters. The van der Waals surface area contributed by atoms with Crippen LogP contribution in [0.1, 0.15) is 29.8 Å². The molecule has 1 aromatic carbocycles. The van der Waals surface area contributed by atoms with Crippen LogP contribution in [0.4, 0.5) is 0 Å². The van der Waals surface area contributed by atoms with Gasteiger partial charge in [-0.25, -0.2) is 0 Å². The number of carbonyl (C=O) groups is 1. The van der Waals surface area contributed by atoms with Crippen LogP contribution >= 0.6 is 0 Å². The highest BCUT2D eigenvalue weighted by molar-refractivity contribution is 5.95. The molecule has 1 fully saturated rings. The number of hydrogen-bond donors (Lipinski definition) is 1. The van der Waals surface area contributed by atoms with Crippen LogP contribution in [0.15, 0.2) is 18.2 Å². The smallest absolute Gasteiger partial charge is 0.254 e. The maximum atomic E-state index is 12.5. The molecule has 0 atom stereocenters. The zero-order valence-corrected chi connectivity index (χ0v) is 12.8. The highest BCUT2D eigenvalue weighted by Crippen LogP contribution is 2.20. The third-order valence-electron chi connectivity index (χ3n) is 4.07. The molecule has 1 amide bonds. The number of carbonyl (C=O) groups excluding carboxylic acids is 1. The van der Waals surface area contributed by atoms with Crippen molar-refractivity contribution in [3.63, 3.8) is 0 Å². The Labute approximate surface area is 125 Å². The number of phenols is 1. The van der Waals surface area contributed by atoms with E-state index in [0.29, 0.717) is 31.7 Å². The second kappa shape index (κ2) is 5.74. The first-order chi connectivity index (χ1) is 9.85. The molecule has 0 radical (unpaired) electrons. The second-order valence-corrected chi connectivity index (χ2v) is 5.95. The van der Waals surface area contributed by atoms with Crippen molar-refractivity contribution in [2.45, 2.75) is 26.3 Å². The number of aromatic hydroxyl groups is 1. The van der Waals surface area contributed by atoms with Gasteiger partial charge in [-0.3, -0.25) is 9.69 Å². The molecule has 0 bridgehead atoms. The topological polar surface area (TPSA) is 67.6 Å². The van der Waals surface area contributed by atoms with E-state index in [1.807, 2.05) is 25.7 Å². The Morgan fingerprint density at radius 1 is 1.29 bits per heavy atom. The molecule has 112 valence electrons. The van der Waals surface area contributed by atoms with E-state index in [1.165, 1.54) is 6.07 Å². The van der Waals surface area contributed by atoms with E-state index >= 15 is 0 Å². The van der Waals surface area contributed by atoms with Gasteiger partial charge < -0.3 is 10.0 Å². The fourth-order valence-corrected chi connectivity index (χ4v) is 2.60. The SMILES string of the molecule is Cc1cc(O)ccc1C(=O)N1CCN(C(C)(C)C#N)CC1. The fraction of sp³-hybridized carbons (Fsp3) is 0.500. The molecule has 0 spiro atoms. The lowest BCUT2D eigenvalue weighted by molar-refractivity contribution is 0.0520.